The van der Waals surface area contributed by atoms with Crippen LogP contribution in [-0.4, -0.2) is 6.10 Å². The van der Waals surface area contributed by atoms with E-state index in [-0.39, 0.29) is 6.10 Å². The predicted molar refractivity (Wildman–Crippen MR) is 90.4 cm³/mol. The van der Waals surface area contributed by atoms with Crippen molar-refractivity contribution in [2.75, 3.05) is 11.1 Å². The number of benzene rings is 2. The molecule has 0 fully saturated rings. The van der Waals surface area contributed by atoms with Crippen molar-refractivity contribution in [1.82, 2.24) is 0 Å². The van der Waals surface area contributed by atoms with Crippen molar-refractivity contribution in [3.63, 3.8) is 0 Å². The fourth-order valence-electron chi connectivity index (χ4n) is 2.09. The summed E-state index contributed by atoms with van der Waals surface area (Å²) >= 11 is 0. The van der Waals surface area contributed by atoms with Gasteiger partial charge in [0.25, 0.3) is 0 Å². The third-order valence-electron chi connectivity index (χ3n) is 3.24. The van der Waals surface area contributed by atoms with Gasteiger partial charge in [0.1, 0.15) is 5.75 Å². The molecule has 0 unspecified atom stereocenters. The Hall–Kier alpha value is -2.16. The van der Waals surface area contributed by atoms with Crippen LogP contribution in [0.1, 0.15) is 39.2 Å². The first-order valence-corrected chi connectivity index (χ1v) is 7.39. The van der Waals surface area contributed by atoms with Crippen molar-refractivity contribution in [2.45, 2.75) is 39.7 Å². The van der Waals surface area contributed by atoms with Gasteiger partial charge in [0, 0.05) is 17.4 Å². The van der Waals surface area contributed by atoms with E-state index in [4.69, 9.17) is 10.5 Å². The van der Waals surface area contributed by atoms with E-state index in [2.05, 4.69) is 43.4 Å². The van der Waals surface area contributed by atoms with Crippen LogP contribution in [0.15, 0.2) is 42.5 Å². The molecular formula is C18H24N2O. The molecule has 3 nitrogen and oxygen atoms in total. The highest BCUT2D eigenvalue weighted by Gasteiger charge is 2.05. The Balaban J connectivity index is 2.15. The van der Waals surface area contributed by atoms with Crippen LogP contribution in [-0.2, 0) is 0 Å². The molecule has 0 radical (unpaired) electrons. The normalized spacial score (nSPS) is 11.0. The Morgan fingerprint density at radius 1 is 0.905 bits per heavy atom. The Kier molecular flexibility index (Phi) is 4.73. The van der Waals surface area contributed by atoms with Crippen LogP contribution >= 0.6 is 0 Å². The van der Waals surface area contributed by atoms with Crippen LogP contribution in [0.4, 0.5) is 17.1 Å². The zero-order valence-corrected chi connectivity index (χ0v) is 13.2. The minimum Gasteiger partial charge on any atom is -0.489 e. The average molecular weight is 284 g/mol. The first-order valence-electron chi connectivity index (χ1n) is 7.39. The number of nitrogens with two attached hydrogens (primary N) is 1. The second-order valence-electron chi connectivity index (χ2n) is 5.82. The number of rotatable bonds is 5. The van der Waals surface area contributed by atoms with Gasteiger partial charge in [-0.1, -0.05) is 26.0 Å². The van der Waals surface area contributed by atoms with Gasteiger partial charge in [0.2, 0.25) is 0 Å². The van der Waals surface area contributed by atoms with Crippen LogP contribution in [0.2, 0.25) is 0 Å². The smallest absolute Gasteiger partial charge is 0.144 e. The molecule has 0 saturated heterocycles. The number of ether oxygens (including phenoxy) is 1. The second kappa shape index (κ2) is 6.53. The van der Waals surface area contributed by atoms with Crippen molar-refractivity contribution in [1.29, 1.82) is 0 Å². The largest absolute Gasteiger partial charge is 0.489 e. The number of nitrogen functional groups attached to an aromatic ring is 1. The summed E-state index contributed by atoms with van der Waals surface area (Å²) in [5.74, 6) is 1.26. The molecule has 0 amide bonds. The van der Waals surface area contributed by atoms with Gasteiger partial charge in [-0.25, -0.2) is 0 Å². The van der Waals surface area contributed by atoms with Crippen molar-refractivity contribution < 1.29 is 4.74 Å². The summed E-state index contributed by atoms with van der Waals surface area (Å²) in [4.78, 5) is 0. The molecule has 0 aliphatic rings. The molecule has 3 heteroatoms. The van der Waals surface area contributed by atoms with E-state index in [0.29, 0.717) is 17.4 Å². The lowest BCUT2D eigenvalue weighted by molar-refractivity contribution is 0.244. The molecule has 112 valence electrons. The fourth-order valence-corrected chi connectivity index (χ4v) is 2.09. The summed E-state index contributed by atoms with van der Waals surface area (Å²) in [6, 6.07) is 14.2. The molecule has 2 aromatic carbocycles. The monoisotopic (exact) mass is 284 g/mol. The SMILES string of the molecule is CC(C)Oc1cc(Nc2ccc(C(C)C)cc2)ccc1N. The molecule has 0 spiro atoms. The van der Waals surface area contributed by atoms with Crippen molar-refractivity contribution >= 4 is 17.1 Å². The van der Waals surface area contributed by atoms with Crippen LogP contribution in [0.5, 0.6) is 5.75 Å². The van der Waals surface area contributed by atoms with E-state index in [1.807, 2.05) is 32.0 Å². The third kappa shape index (κ3) is 4.15. The lowest BCUT2D eigenvalue weighted by atomic mass is 10.0. The van der Waals surface area contributed by atoms with Gasteiger partial charge in [-0.2, -0.15) is 0 Å². The minimum absolute atomic E-state index is 0.105. The first-order chi connectivity index (χ1) is 9.95. The minimum atomic E-state index is 0.105. The van der Waals surface area contributed by atoms with E-state index in [0.717, 1.165) is 11.4 Å². The van der Waals surface area contributed by atoms with E-state index < -0.39 is 0 Å². The van der Waals surface area contributed by atoms with Gasteiger partial charge in [-0.15, -0.1) is 0 Å². The average Bonchev–Trinajstić information content (AvgIpc) is 2.42. The summed E-state index contributed by atoms with van der Waals surface area (Å²) in [6.07, 6.45) is 0.105. The lowest BCUT2D eigenvalue weighted by Crippen LogP contribution is -2.07. The van der Waals surface area contributed by atoms with E-state index >= 15 is 0 Å². The molecule has 21 heavy (non-hydrogen) atoms. The topological polar surface area (TPSA) is 47.3 Å². The van der Waals surface area contributed by atoms with Gasteiger partial charge in [-0.05, 0) is 49.6 Å². The highest BCUT2D eigenvalue weighted by Crippen LogP contribution is 2.28. The number of hydrogen-bond donors (Lipinski definition) is 2. The molecule has 0 aliphatic heterocycles. The number of hydrogen-bond acceptors (Lipinski definition) is 3. The zero-order chi connectivity index (χ0) is 15.4. The van der Waals surface area contributed by atoms with Gasteiger partial charge in [-0.3, -0.25) is 0 Å². The highest BCUT2D eigenvalue weighted by molar-refractivity contribution is 5.67. The summed E-state index contributed by atoms with van der Waals surface area (Å²) in [6.45, 7) is 8.37. The highest BCUT2D eigenvalue weighted by atomic mass is 16.5. The molecule has 0 heterocycles. The zero-order valence-electron chi connectivity index (χ0n) is 13.2. The maximum absolute atomic E-state index is 5.93. The number of anilines is 3. The van der Waals surface area contributed by atoms with Crippen molar-refractivity contribution in [3.8, 4) is 5.75 Å². The molecule has 0 bridgehead atoms. The van der Waals surface area contributed by atoms with Gasteiger partial charge >= 0.3 is 0 Å². The Bertz CT molecular complexity index is 589. The molecule has 0 saturated carbocycles. The second-order valence-corrected chi connectivity index (χ2v) is 5.82. The van der Waals surface area contributed by atoms with E-state index in [1.54, 1.807) is 0 Å². The molecule has 0 atom stereocenters. The first kappa shape index (κ1) is 15.2. The van der Waals surface area contributed by atoms with Gasteiger partial charge < -0.3 is 15.8 Å². The molecule has 0 aromatic heterocycles. The molecule has 0 aliphatic carbocycles. The van der Waals surface area contributed by atoms with Gasteiger partial charge in [0.15, 0.2) is 0 Å². The van der Waals surface area contributed by atoms with Crippen LogP contribution in [0, 0.1) is 0 Å². The van der Waals surface area contributed by atoms with Crippen molar-refractivity contribution in [2.24, 2.45) is 0 Å². The quantitative estimate of drug-likeness (QED) is 0.766. The predicted octanol–water partition coefficient (Wildman–Crippen LogP) is 4.92. The summed E-state index contributed by atoms with van der Waals surface area (Å²) in [5.41, 5.74) is 9.95. The molecular weight excluding hydrogens is 260 g/mol. The molecule has 2 rings (SSSR count). The standard InChI is InChI=1S/C18H24N2O/c1-12(2)14-5-7-15(8-6-14)20-16-9-10-17(19)18(11-16)21-13(3)4/h5-13,20H,19H2,1-4H3. The van der Waals surface area contributed by atoms with Crippen LogP contribution in [0.25, 0.3) is 0 Å². The third-order valence-corrected chi connectivity index (χ3v) is 3.24. The van der Waals surface area contributed by atoms with Gasteiger partial charge in [0.05, 0.1) is 11.8 Å². The summed E-state index contributed by atoms with van der Waals surface area (Å²) in [5, 5.41) is 3.38. The molecule has 2 aromatic rings. The Morgan fingerprint density at radius 2 is 1.52 bits per heavy atom. The summed E-state index contributed by atoms with van der Waals surface area (Å²) < 4.78 is 5.71. The van der Waals surface area contributed by atoms with Crippen LogP contribution < -0.4 is 15.8 Å². The van der Waals surface area contributed by atoms with E-state index in [1.165, 1.54) is 5.56 Å². The lowest BCUT2D eigenvalue weighted by Gasteiger charge is -2.14. The molecule has 3 N–H and O–H groups in total. The number of nitrogens with one attached hydrogen (secondary N) is 1. The Labute approximate surface area is 127 Å². The Morgan fingerprint density at radius 3 is 2.10 bits per heavy atom. The van der Waals surface area contributed by atoms with Crippen LogP contribution in [0.3, 0.4) is 0 Å². The fraction of sp³-hybridized carbons (Fsp3) is 0.333. The van der Waals surface area contributed by atoms with Crippen molar-refractivity contribution in [3.05, 3.63) is 48.0 Å². The summed E-state index contributed by atoms with van der Waals surface area (Å²) in [7, 11) is 0. The van der Waals surface area contributed by atoms with E-state index in [9.17, 15) is 0 Å². The maximum atomic E-state index is 5.93. The maximum Gasteiger partial charge on any atom is 0.144 e.